The molecule has 0 aromatic carbocycles. The highest BCUT2D eigenvalue weighted by Crippen LogP contribution is 1.83. The topological polar surface area (TPSA) is 87.3 Å². The molecule has 1 amide bonds. The SMILES string of the molecule is C=C(C)C(=O)NCCNCCNS(C)(=O)=O. The Balaban J connectivity index is 3.35. The van der Waals surface area contributed by atoms with E-state index in [-0.39, 0.29) is 5.91 Å². The van der Waals surface area contributed by atoms with Crippen molar-refractivity contribution in [1.29, 1.82) is 0 Å². The molecule has 0 bridgehead atoms. The van der Waals surface area contributed by atoms with Crippen LogP contribution in [0.25, 0.3) is 0 Å². The van der Waals surface area contributed by atoms with E-state index < -0.39 is 10.0 Å². The van der Waals surface area contributed by atoms with Crippen molar-refractivity contribution in [2.24, 2.45) is 0 Å². The maximum atomic E-state index is 11.0. The zero-order chi connectivity index (χ0) is 12.6. The third-order valence-corrected chi connectivity index (χ3v) is 2.37. The van der Waals surface area contributed by atoms with Crippen molar-refractivity contribution in [2.75, 3.05) is 32.4 Å². The van der Waals surface area contributed by atoms with Crippen molar-refractivity contribution in [3.8, 4) is 0 Å². The molecule has 6 nitrogen and oxygen atoms in total. The lowest BCUT2D eigenvalue weighted by Gasteiger charge is -2.06. The number of carbonyl (C=O) groups is 1. The summed E-state index contributed by atoms with van der Waals surface area (Å²) in [6.07, 6.45) is 1.11. The van der Waals surface area contributed by atoms with Crippen molar-refractivity contribution in [1.82, 2.24) is 15.4 Å². The molecule has 0 aliphatic carbocycles. The van der Waals surface area contributed by atoms with E-state index in [2.05, 4.69) is 21.9 Å². The zero-order valence-electron chi connectivity index (χ0n) is 9.67. The summed E-state index contributed by atoms with van der Waals surface area (Å²) >= 11 is 0. The summed E-state index contributed by atoms with van der Waals surface area (Å²) in [7, 11) is -3.11. The Morgan fingerprint density at radius 3 is 2.25 bits per heavy atom. The fraction of sp³-hybridized carbons (Fsp3) is 0.667. The molecule has 0 atom stereocenters. The van der Waals surface area contributed by atoms with Crippen molar-refractivity contribution < 1.29 is 13.2 Å². The number of hydrogen-bond acceptors (Lipinski definition) is 4. The fourth-order valence-electron chi connectivity index (χ4n) is 0.865. The molecule has 7 heteroatoms. The number of sulfonamides is 1. The lowest BCUT2D eigenvalue weighted by Crippen LogP contribution is -2.36. The predicted octanol–water partition coefficient (Wildman–Crippen LogP) is -1.18. The Labute approximate surface area is 96.5 Å². The standard InChI is InChI=1S/C9H19N3O3S/c1-8(2)9(13)11-6-4-10-5-7-12-16(3,14)15/h10,12H,1,4-7H2,2-3H3,(H,11,13). The molecule has 3 N–H and O–H groups in total. The zero-order valence-corrected chi connectivity index (χ0v) is 10.5. The van der Waals surface area contributed by atoms with Gasteiger partial charge in [0.2, 0.25) is 15.9 Å². The molecule has 94 valence electrons. The molecular formula is C9H19N3O3S. The average Bonchev–Trinajstić information content (AvgIpc) is 2.14. The lowest BCUT2D eigenvalue weighted by atomic mass is 10.3. The summed E-state index contributed by atoms with van der Waals surface area (Å²) in [5.41, 5.74) is 0.471. The predicted molar refractivity (Wildman–Crippen MR) is 63.5 cm³/mol. The third kappa shape index (κ3) is 9.63. The molecule has 0 aliphatic rings. The van der Waals surface area contributed by atoms with E-state index in [9.17, 15) is 13.2 Å². The molecule has 0 fully saturated rings. The maximum absolute atomic E-state index is 11.0. The van der Waals surface area contributed by atoms with Gasteiger partial charge in [-0.3, -0.25) is 4.79 Å². The summed E-state index contributed by atoms with van der Waals surface area (Å²) in [6.45, 7) is 7.08. The van der Waals surface area contributed by atoms with Crippen molar-refractivity contribution >= 4 is 15.9 Å². The fourth-order valence-corrected chi connectivity index (χ4v) is 1.34. The van der Waals surface area contributed by atoms with Gasteiger partial charge >= 0.3 is 0 Å². The van der Waals surface area contributed by atoms with E-state index in [0.29, 0.717) is 31.8 Å². The molecule has 0 spiro atoms. The molecule has 16 heavy (non-hydrogen) atoms. The number of rotatable bonds is 8. The van der Waals surface area contributed by atoms with Crippen LogP contribution in [0.1, 0.15) is 6.92 Å². The summed E-state index contributed by atoms with van der Waals surface area (Å²) in [5.74, 6) is -0.170. The molecule has 0 aromatic rings. The Bertz CT molecular complexity index is 338. The molecular weight excluding hydrogens is 230 g/mol. The number of amides is 1. The first-order valence-electron chi connectivity index (χ1n) is 4.92. The third-order valence-electron chi connectivity index (χ3n) is 1.64. The van der Waals surface area contributed by atoms with Crippen LogP contribution < -0.4 is 15.4 Å². The van der Waals surface area contributed by atoms with Gasteiger partial charge in [0, 0.05) is 31.8 Å². The lowest BCUT2D eigenvalue weighted by molar-refractivity contribution is -0.117. The molecule has 0 aromatic heterocycles. The van der Waals surface area contributed by atoms with Crippen molar-refractivity contribution in [3.63, 3.8) is 0 Å². The monoisotopic (exact) mass is 249 g/mol. The first-order valence-corrected chi connectivity index (χ1v) is 6.81. The van der Waals surface area contributed by atoms with Gasteiger partial charge in [0.1, 0.15) is 0 Å². The number of hydrogen-bond donors (Lipinski definition) is 3. The summed E-state index contributed by atoms with van der Waals surface area (Å²) in [4.78, 5) is 11.0. The van der Waals surface area contributed by atoms with E-state index in [0.717, 1.165) is 6.26 Å². The molecule has 0 radical (unpaired) electrons. The minimum absolute atomic E-state index is 0.170. The first-order chi connectivity index (χ1) is 7.33. The van der Waals surface area contributed by atoms with E-state index >= 15 is 0 Å². The quantitative estimate of drug-likeness (QED) is 0.373. The van der Waals surface area contributed by atoms with Gasteiger partial charge in [-0.2, -0.15) is 0 Å². The Morgan fingerprint density at radius 1 is 1.19 bits per heavy atom. The highest BCUT2D eigenvalue weighted by Gasteiger charge is 2.00. The second-order valence-electron chi connectivity index (χ2n) is 3.45. The normalized spacial score (nSPS) is 11.1. The van der Waals surface area contributed by atoms with E-state index in [1.807, 2.05) is 0 Å². The van der Waals surface area contributed by atoms with Gasteiger partial charge < -0.3 is 10.6 Å². The summed E-state index contributed by atoms with van der Waals surface area (Å²) in [5, 5.41) is 5.63. The van der Waals surface area contributed by atoms with E-state index in [1.54, 1.807) is 6.92 Å². The van der Waals surface area contributed by atoms with Gasteiger partial charge in [-0.15, -0.1) is 0 Å². The first kappa shape index (κ1) is 15.1. The van der Waals surface area contributed by atoms with Gasteiger partial charge in [0.05, 0.1) is 6.26 Å². The van der Waals surface area contributed by atoms with Crippen LogP contribution >= 0.6 is 0 Å². The van der Waals surface area contributed by atoms with E-state index in [4.69, 9.17) is 0 Å². The number of carbonyl (C=O) groups excluding carboxylic acids is 1. The minimum Gasteiger partial charge on any atom is -0.351 e. The Morgan fingerprint density at radius 2 is 1.75 bits per heavy atom. The highest BCUT2D eigenvalue weighted by atomic mass is 32.2. The minimum atomic E-state index is -3.11. The van der Waals surface area contributed by atoms with Gasteiger partial charge in [-0.25, -0.2) is 13.1 Å². The van der Waals surface area contributed by atoms with Crippen molar-refractivity contribution in [2.45, 2.75) is 6.92 Å². The molecule has 0 saturated carbocycles. The van der Waals surface area contributed by atoms with Crippen LogP contribution in [-0.4, -0.2) is 46.8 Å². The van der Waals surface area contributed by atoms with Gasteiger partial charge in [0.15, 0.2) is 0 Å². The smallest absolute Gasteiger partial charge is 0.246 e. The Hall–Kier alpha value is -0.920. The highest BCUT2D eigenvalue weighted by molar-refractivity contribution is 7.88. The average molecular weight is 249 g/mol. The van der Waals surface area contributed by atoms with E-state index in [1.165, 1.54) is 0 Å². The molecule has 0 saturated heterocycles. The molecule has 0 rings (SSSR count). The summed E-state index contributed by atoms with van der Waals surface area (Å²) in [6, 6.07) is 0. The van der Waals surface area contributed by atoms with Crippen LogP contribution in [-0.2, 0) is 14.8 Å². The second kappa shape index (κ2) is 7.37. The van der Waals surface area contributed by atoms with Crippen LogP contribution in [0, 0.1) is 0 Å². The molecule has 0 aliphatic heterocycles. The Kier molecular flexibility index (Phi) is 6.95. The van der Waals surface area contributed by atoms with Crippen LogP contribution in [0.4, 0.5) is 0 Å². The van der Waals surface area contributed by atoms with Crippen molar-refractivity contribution in [3.05, 3.63) is 12.2 Å². The van der Waals surface area contributed by atoms with Crippen LogP contribution in [0.5, 0.6) is 0 Å². The van der Waals surface area contributed by atoms with Gasteiger partial charge in [-0.05, 0) is 6.92 Å². The van der Waals surface area contributed by atoms with Crippen LogP contribution in [0.3, 0.4) is 0 Å². The van der Waals surface area contributed by atoms with Gasteiger partial charge in [-0.1, -0.05) is 6.58 Å². The van der Waals surface area contributed by atoms with Crippen LogP contribution in [0.2, 0.25) is 0 Å². The van der Waals surface area contributed by atoms with Gasteiger partial charge in [0.25, 0.3) is 0 Å². The van der Waals surface area contributed by atoms with Crippen LogP contribution in [0.15, 0.2) is 12.2 Å². The number of nitrogens with one attached hydrogen (secondary N) is 3. The molecule has 0 unspecified atom stereocenters. The summed E-state index contributed by atoms with van der Waals surface area (Å²) < 4.78 is 23.7. The maximum Gasteiger partial charge on any atom is 0.246 e. The second-order valence-corrected chi connectivity index (χ2v) is 5.29. The largest absolute Gasteiger partial charge is 0.351 e. The molecule has 0 heterocycles.